The summed E-state index contributed by atoms with van der Waals surface area (Å²) < 4.78 is 17.2. The Bertz CT molecular complexity index is 1150. The van der Waals surface area contributed by atoms with Crippen molar-refractivity contribution in [3.8, 4) is 5.75 Å². The van der Waals surface area contributed by atoms with E-state index in [9.17, 15) is 19.2 Å². The van der Waals surface area contributed by atoms with E-state index in [0.717, 1.165) is 37.2 Å². The van der Waals surface area contributed by atoms with E-state index < -0.39 is 17.9 Å². The minimum atomic E-state index is -0.882. The van der Waals surface area contributed by atoms with E-state index in [1.165, 1.54) is 5.56 Å². The number of hydrogen-bond acceptors (Lipinski definition) is 7. The molecule has 208 valence electrons. The highest BCUT2D eigenvalue weighted by Crippen LogP contribution is 2.31. The van der Waals surface area contributed by atoms with Gasteiger partial charge in [-0.1, -0.05) is 30.3 Å². The Morgan fingerprint density at radius 1 is 0.718 bits per heavy atom. The lowest BCUT2D eigenvalue weighted by Crippen LogP contribution is -2.45. The molecule has 8 heteroatoms. The van der Waals surface area contributed by atoms with Gasteiger partial charge in [-0.05, 0) is 62.3 Å². The van der Waals surface area contributed by atoms with E-state index in [1.54, 1.807) is 18.2 Å². The Balaban J connectivity index is 1.12. The molecular formula is C31H37NO7. The highest BCUT2D eigenvalue weighted by atomic mass is 16.5. The highest BCUT2D eigenvalue weighted by molar-refractivity contribution is 6.23. The molecule has 0 aromatic heterocycles. The smallest absolute Gasteiger partial charge is 0.262 e. The van der Waals surface area contributed by atoms with Crippen LogP contribution < -0.4 is 4.74 Å². The van der Waals surface area contributed by atoms with Gasteiger partial charge in [0.25, 0.3) is 11.8 Å². The first-order chi connectivity index (χ1) is 19.0. The van der Waals surface area contributed by atoms with Gasteiger partial charge in [0.05, 0.1) is 30.4 Å². The van der Waals surface area contributed by atoms with Gasteiger partial charge in [-0.25, -0.2) is 0 Å². The van der Waals surface area contributed by atoms with Gasteiger partial charge in [0, 0.05) is 39.1 Å². The number of Topliss-reactive ketones (excluding diaryl/α,β-unsaturated/α-hetero) is 2. The minimum absolute atomic E-state index is 0.0642. The molecule has 2 amide bonds. The zero-order chi connectivity index (χ0) is 27.5. The molecule has 4 rings (SSSR count). The number of hydrogen-bond donors (Lipinski definition) is 0. The number of carbonyl (C=O) groups excluding carboxylic acids is 4. The number of amides is 2. The first kappa shape index (κ1) is 28.6. The van der Waals surface area contributed by atoms with Gasteiger partial charge < -0.3 is 14.2 Å². The van der Waals surface area contributed by atoms with E-state index in [1.807, 2.05) is 18.2 Å². The predicted molar refractivity (Wildman–Crippen MR) is 145 cm³/mol. The second-order valence-corrected chi connectivity index (χ2v) is 10.0. The number of rotatable bonds is 14. The van der Waals surface area contributed by atoms with Crippen LogP contribution in [0.25, 0.3) is 0 Å². The first-order valence-electron chi connectivity index (χ1n) is 13.9. The van der Waals surface area contributed by atoms with Crippen LogP contribution in [0.2, 0.25) is 0 Å². The van der Waals surface area contributed by atoms with Crippen LogP contribution in [0.4, 0.5) is 0 Å². The lowest BCUT2D eigenvalue weighted by Gasteiger charge is -2.26. The number of unbranched alkanes of at least 4 members (excludes halogenated alkanes) is 2. The fourth-order valence-electron chi connectivity index (χ4n) is 4.87. The summed E-state index contributed by atoms with van der Waals surface area (Å²) in [6.45, 7) is 3.17. The van der Waals surface area contributed by atoms with Gasteiger partial charge in [0.2, 0.25) is 0 Å². The summed E-state index contributed by atoms with van der Waals surface area (Å²) in [5, 5.41) is 0. The molecule has 1 heterocycles. The van der Waals surface area contributed by atoms with Crippen molar-refractivity contribution in [1.29, 1.82) is 0 Å². The molecule has 0 bridgehead atoms. The maximum atomic E-state index is 13.1. The molecule has 0 radical (unpaired) electrons. The van der Waals surface area contributed by atoms with Crippen LogP contribution in [0.1, 0.15) is 84.1 Å². The molecule has 1 atom stereocenters. The SMILES string of the molecule is O=C1CCCC(=O)C(N2C(=O)c3ccc(OCCCCOCCCCOCc4ccccc4)cc3C2=O)CC1. The molecule has 1 fully saturated rings. The van der Waals surface area contributed by atoms with E-state index in [0.29, 0.717) is 45.0 Å². The van der Waals surface area contributed by atoms with Crippen molar-refractivity contribution in [3.63, 3.8) is 0 Å². The van der Waals surface area contributed by atoms with E-state index in [4.69, 9.17) is 14.2 Å². The average molecular weight is 536 g/mol. The van der Waals surface area contributed by atoms with Crippen molar-refractivity contribution in [3.05, 3.63) is 65.2 Å². The molecule has 39 heavy (non-hydrogen) atoms. The number of fused-ring (bicyclic) bond motifs is 1. The predicted octanol–water partition coefficient (Wildman–Crippen LogP) is 4.93. The molecule has 1 saturated carbocycles. The van der Waals surface area contributed by atoms with Crippen LogP contribution in [-0.2, 0) is 25.7 Å². The molecule has 1 aliphatic carbocycles. The number of benzene rings is 2. The molecular weight excluding hydrogens is 498 g/mol. The van der Waals surface area contributed by atoms with E-state index in [-0.39, 0.29) is 42.0 Å². The third-order valence-electron chi connectivity index (χ3n) is 7.04. The Hall–Kier alpha value is -3.36. The van der Waals surface area contributed by atoms with Crippen LogP contribution in [0.3, 0.4) is 0 Å². The van der Waals surface area contributed by atoms with E-state index >= 15 is 0 Å². The summed E-state index contributed by atoms with van der Waals surface area (Å²) >= 11 is 0. The van der Waals surface area contributed by atoms with Crippen molar-refractivity contribution in [2.45, 2.75) is 70.4 Å². The number of imide groups is 1. The largest absolute Gasteiger partial charge is 0.494 e. The summed E-state index contributed by atoms with van der Waals surface area (Å²) in [6, 6.07) is 14.1. The minimum Gasteiger partial charge on any atom is -0.494 e. The number of ketones is 2. The molecule has 8 nitrogen and oxygen atoms in total. The fraction of sp³-hybridized carbons (Fsp3) is 0.484. The monoisotopic (exact) mass is 535 g/mol. The van der Waals surface area contributed by atoms with Crippen LogP contribution in [-0.4, -0.2) is 60.8 Å². The Kier molecular flexibility index (Phi) is 10.8. The van der Waals surface area contributed by atoms with Crippen molar-refractivity contribution in [1.82, 2.24) is 4.90 Å². The van der Waals surface area contributed by atoms with E-state index in [2.05, 4.69) is 12.1 Å². The number of carbonyl (C=O) groups is 4. The van der Waals surface area contributed by atoms with Crippen molar-refractivity contribution in [2.75, 3.05) is 26.4 Å². The van der Waals surface area contributed by atoms with Crippen LogP contribution in [0, 0.1) is 0 Å². The van der Waals surface area contributed by atoms with Gasteiger partial charge in [0.1, 0.15) is 11.5 Å². The highest BCUT2D eigenvalue weighted by Gasteiger charge is 2.43. The third kappa shape index (κ3) is 8.07. The number of ether oxygens (including phenoxy) is 3. The number of nitrogens with zero attached hydrogens (tertiary/aromatic N) is 1. The van der Waals surface area contributed by atoms with Gasteiger partial charge in [-0.15, -0.1) is 0 Å². The molecule has 0 saturated heterocycles. The Morgan fingerprint density at radius 2 is 1.41 bits per heavy atom. The summed E-state index contributed by atoms with van der Waals surface area (Å²) in [7, 11) is 0. The quantitative estimate of drug-likeness (QED) is 0.250. The second kappa shape index (κ2) is 14.7. The molecule has 2 aromatic carbocycles. The van der Waals surface area contributed by atoms with Crippen LogP contribution in [0.5, 0.6) is 5.75 Å². The molecule has 2 aliphatic rings. The first-order valence-corrected chi connectivity index (χ1v) is 13.9. The van der Waals surface area contributed by atoms with Gasteiger partial charge in [-0.3, -0.25) is 24.1 Å². The summed E-state index contributed by atoms with van der Waals surface area (Å²) in [4.78, 5) is 51.6. The zero-order valence-corrected chi connectivity index (χ0v) is 22.4. The van der Waals surface area contributed by atoms with Crippen molar-refractivity contribution in [2.24, 2.45) is 0 Å². The van der Waals surface area contributed by atoms with Gasteiger partial charge >= 0.3 is 0 Å². The normalized spacial score (nSPS) is 17.7. The molecule has 0 spiro atoms. The summed E-state index contributed by atoms with van der Waals surface area (Å²) in [6.07, 6.45) is 4.98. The summed E-state index contributed by atoms with van der Waals surface area (Å²) in [5.41, 5.74) is 1.69. The molecule has 1 unspecified atom stereocenters. The topological polar surface area (TPSA) is 99.2 Å². The van der Waals surface area contributed by atoms with Crippen molar-refractivity contribution < 1.29 is 33.4 Å². The molecule has 2 aromatic rings. The van der Waals surface area contributed by atoms with Gasteiger partial charge in [-0.2, -0.15) is 0 Å². The lowest BCUT2D eigenvalue weighted by molar-refractivity contribution is -0.125. The average Bonchev–Trinajstić information content (AvgIpc) is 3.18. The van der Waals surface area contributed by atoms with Gasteiger partial charge in [0.15, 0.2) is 5.78 Å². The zero-order valence-electron chi connectivity index (χ0n) is 22.4. The Labute approximate surface area is 229 Å². The second-order valence-electron chi connectivity index (χ2n) is 10.0. The lowest BCUT2D eigenvalue weighted by atomic mass is 9.94. The standard InChI is InChI=1S/C31H37NO7/c33-24-11-8-12-29(34)28(16-13-24)32-30(35)26-15-14-25(21-27(26)31(32)36)39-20-7-6-18-37-17-4-5-19-38-22-23-9-2-1-3-10-23/h1-3,9-10,14-15,21,28H,4-8,11-13,16-20,22H2. The van der Waals surface area contributed by atoms with Crippen LogP contribution in [0.15, 0.2) is 48.5 Å². The van der Waals surface area contributed by atoms with Crippen LogP contribution >= 0.6 is 0 Å². The maximum absolute atomic E-state index is 13.1. The maximum Gasteiger partial charge on any atom is 0.262 e. The Morgan fingerprint density at radius 3 is 2.18 bits per heavy atom. The fourth-order valence-corrected chi connectivity index (χ4v) is 4.87. The third-order valence-corrected chi connectivity index (χ3v) is 7.04. The molecule has 0 N–H and O–H groups in total. The summed E-state index contributed by atoms with van der Waals surface area (Å²) in [5.74, 6) is -0.563. The molecule has 1 aliphatic heterocycles. The van der Waals surface area contributed by atoms with Crippen molar-refractivity contribution >= 4 is 23.4 Å².